The highest BCUT2D eigenvalue weighted by Gasteiger charge is 2.26. The first-order chi connectivity index (χ1) is 9.74. The number of hydrogen-bond acceptors (Lipinski definition) is 5. The zero-order valence-corrected chi connectivity index (χ0v) is 13.1. The molecule has 0 bridgehead atoms. The smallest absolute Gasteiger partial charge is 0.323 e. The van der Waals surface area contributed by atoms with Gasteiger partial charge in [-0.1, -0.05) is 15.9 Å². The molecule has 0 saturated carbocycles. The van der Waals surface area contributed by atoms with Crippen molar-refractivity contribution in [3.05, 3.63) is 32.8 Å². The molecule has 0 aromatic heterocycles. The summed E-state index contributed by atoms with van der Waals surface area (Å²) in [7, 11) is 0. The highest BCUT2D eigenvalue weighted by molar-refractivity contribution is 9.10. The second-order valence-electron chi connectivity index (χ2n) is 4.90. The van der Waals surface area contributed by atoms with Crippen LogP contribution in [0.15, 0.2) is 22.7 Å². The van der Waals surface area contributed by atoms with Crippen LogP contribution in [-0.4, -0.2) is 28.1 Å². The Morgan fingerprint density at radius 3 is 2.76 bits per heavy atom. The Morgan fingerprint density at radius 2 is 2.19 bits per heavy atom. The molecule has 7 nitrogen and oxygen atoms in total. The topological polar surface area (TPSA) is 116 Å². The minimum absolute atomic E-state index is 0.112. The zero-order valence-electron chi connectivity index (χ0n) is 11.5. The fraction of sp³-hybridized carbons (Fsp3) is 0.462. The van der Waals surface area contributed by atoms with Crippen LogP contribution in [-0.2, 0) is 4.79 Å². The highest BCUT2D eigenvalue weighted by atomic mass is 79.9. The molecule has 1 aromatic carbocycles. The number of carboxylic acid groups (broad SMARTS) is 1. The van der Waals surface area contributed by atoms with Crippen molar-refractivity contribution in [2.75, 3.05) is 6.61 Å². The van der Waals surface area contributed by atoms with Crippen LogP contribution in [0.4, 0.5) is 5.69 Å². The number of carbonyl (C=O) groups is 1. The maximum Gasteiger partial charge on any atom is 0.323 e. The van der Waals surface area contributed by atoms with Crippen molar-refractivity contribution in [1.82, 2.24) is 0 Å². The maximum absolute atomic E-state index is 10.9. The Hall–Kier alpha value is -1.67. The number of aliphatic carboxylic acids is 1. The molecule has 0 saturated heterocycles. The standard InChI is InChI=1S/C13H17BrN2O5/c1-13(15,12(17)18)6-2-3-7-21-11-5-4-9(14)8-10(11)16(19)20/h4-5,8H,2-3,6-7,15H2,1H3,(H,17,18). The molecule has 0 aliphatic carbocycles. The van der Waals surface area contributed by atoms with E-state index in [1.54, 1.807) is 6.07 Å². The van der Waals surface area contributed by atoms with Crippen molar-refractivity contribution in [3.8, 4) is 5.75 Å². The van der Waals surface area contributed by atoms with Crippen molar-refractivity contribution < 1.29 is 19.6 Å². The second-order valence-corrected chi connectivity index (χ2v) is 5.81. The van der Waals surface area contributed by atoms with Gasteiger partial charge in [0.05, 0.1) is 11.5 Å². The fourth-order valence-electron chi connectivity index (χ4n) is 1.64. The van der Waals surface area contributed by atoms with E-state index in [0.717, 1.165) is 0 Å². The number of hydrogen-bond donors (Lipinski definition) is 2. The third kappa shape index (κ3) is 5.31. The third-order valence-corrected chi connectivity index (χ3v) is 3.45. The van der Waals surface area contributed by atoms with E-state index in [9.17, 15) is 14.9 Å². The Kier molecular flexibility index (Phi) is 6.10. The van der Waals surface area contributed by atoms with Crippen LogP contribution in [0.25, 0.3) is 0 Å². The lowest BCUT2D eigenvalue weighted by molar-refractivity contribution is -0.385. The summed E-state index contributed by atoms with van der Waals surface area (Å²) in [5.41, 5.74) is 4.23. The summed E-state index contributed by atoms with van der Waals surface area (Å²) in [6.07, 6.45) is 1.44. The lowest BCUT2D eigenvalue weighted by atomic mass is 9.97. The summed E-state index contributed by atoms with van der Waals surface area (Å²) in [6, 6.07) is 4.55. The van der Waals surface area contributed by atoms with Crippen molar-refractivity contribution >= 4 is 27.6 Å². The molecule has 0 radical (unpaired) electrons. The lowest BCUT2D eigenvalue weighted by Crippen LogP contribution is -2.44. The van der Waals surface area contributed by atoms with Gasteiger partial charge in [-0.2, -0.15) is 0 Å². The first-order valence-corrected chi connectivity index (χ1v) is 7.12. The summed E-state index contributed by atoms with van der Waals surface area (Å²) < 4.78 is 5.98. The van der Waals surface area contributed by atoms with Gasteiger partial charge in [0.15, 0.2) is 5.75 Å². The van der Waals surface area contributed by atoms with Gasteiger partial charge in [0.25, 0.3) is 0 Å². The molecule has 1 unspecified atom stereocenters. The molecule has 0 heterocycles. The van der Waals surface area contributed by atoms with Crippen LogP contribution in [0, 0.1) is 10.1 Å². The Bertz CT molecular complexity index is 533. The zero-order chi connectivity index (χ0) is 16.0. The van der Waals surface area contributed by atoms with Crippen LogP contribution in [0.3, 0.4) is 0 Å². The number of benzene rings is 1. The molecule has 21 heavy (non-hydrogen) atoms. The highest BCUT2D eigenvalue weighted by Crippen LogP contribution is 2.30. The molecule has 3 N–H and O–H groups in total. The number of unbranched alkanes of at least 4 members (excludes halogenated alkanes) is 1. The van der Waals surface area contributed by atoms with E-state index in [0.29, 0.717) is 23.7 Å². The number of halogens is 1. The van der Waals surface area contributed by atoms with Gasteiger partial charge in [-0.05, 0) is 38.3 Å². The van der Waals surface area contributed by atoms with Gasteiger partial charge < -0.3 is 15.6 Å². The van der Waals surface area contributed by atoms with E-state index in [1.165, 1.54) is 19.1 Å². The van der Waals surface area contributed by atoms with Gasteiger partial charge in [0, 0.05) is 10.5 Å². The Morgan fingerprint density at radius 1 is 1.52 bits per heavy atom. The van der Waals surface area contributed by atoms with E-state index in [4.69, 9.17) is 15.6 Å². The Labute approximate surface area is 130 Å². The summed E-state index contributed by atoms with van der Waals surface area (Å²) in [5, 5.41) is 19.8. The molecule has 1 rings (SSSR count). The first kappa shape index (κ1) is 17.4. The van der Waals surface area contributed by atoms with Crippen LogP contribution < -0.4 is 10.5 Å². The largest absolute Gasteiger partial charge is 0.487 e. The molecule has 0 fully saturated rings. The summed E-state index contributed by atoms with van der Waals surface area (Å²) in [4.78, 5) is 21.2. The maximum atomic E-state index is 10.9. The van der Waals surface area contributed by atoms with Crippen LogP contribution in [0.2, 0.25) is 0 Å². The van der Waals surface area contributed by atoms with Gasteiger partial charge in [-0.3, -0.25) is 14.9 Å². The predicted octanol–water partition coefficient (Wildman–Crippen LogP) is 2.71. The molecule has 1 atom stereocenters. The van der Waals surface area contributed by atoms with E-state index < -0.39 is 16.4 Å². The number of nitro benzene ring substituents is 1. The normalized spacial score (nSPS) is 13.5. The summed E-state index contributed by atoms with van der Waals surface area (Å²) >= 11 is 3.16. The second kappa shape index (κ2) is 7.37. The molecule has 0 aliphatic rings. The van der Waals surface area contributed by atoms with Gasteiger partial charge in [-0.15, -0.1) is 0 Å². The summed E-state index contributed by atoms with van der Waals surface area (Å²) in [6.45, 7) is 1.72. The first-order valence-electron chi connectivity index (χ1n) is 6.33. The molecule has 116 valence electrons. The number of carboxylic acids is 1. The van der Waals surface area contributed by atoms with Crippen LogP contribution >= 0.6 is 15.9 Å². The molecular weight excluding hydrogens is 344 g/mol. The number of rotatable bonds is 8. The number of nitro groups is 1. The van der Waals surface area contributed by atoms with E-state index in [1.807, 2.05) is 0 Å². The molecular formula is C13H17BrN2O5. The predicted molar refractivity (Wildman–Crippen MR) is 80.4 cm³/mol. The van der Waals surface area contributed by atoms with Crippen LogP contribution in [0.5, 0.6) is 5.75 Å². The SMILES string of the molecule is CC(N)(CCCCOc1ccc(Br)cc1[N+](=O)[O-])C(=O)O. The minimum atomic E-state index is -1.26. The molecule has 0 amide bonds. The molecule has 1 aromatic rings. The fourth-order valence-corrected chi connectivity index (χ4v) is 1.99. The van der Waals surface area contributed by atoms with Crippen molar-refractivity contribution in [1.29, 1.82) is 0 Å². The van der Waals surface area contributed by atoms with Gasteiger partial charge in [-0.25, -0.2) is 0 Å². The van der Waals surface area contributed by atoms with E-state index >= 15 is 0 Å². The quantitative estimate of drug-likeness (QED) is 0.418. The molecule has 0 aliphatic heterocycles. The van der Waals surface area contributed by atoms with Gasteiger partial charge in [0.2, 0.25) is 0 Å². The van der Waals surface area contributed by atoms with Crippen LogP contribution in [0.1, 0.15) is 26.2 Å². The van der Waals surface area contributed by atoms with Gasteiger partial charge in [0.1, 0.15) is 5.54 Å². The van der Waals surface area contributed by atoms with E-state index in [2.05, 4.69) is 15.9 Å². The molecule has 8 heteroatoms. The van der Waals surface area contributed by atoms with Crippen molar-refractivity contribution in [2.24, 2.45) is 5.73 Å². The van der Waals surface area contributed by atoms with Crippen molar-refractivity contribution in [2.45, 2.75) is 31.7 Å². The number of nitrogens with zero attached hydrogens (tertiary/aromatic N) is 1. The summed E-state index contributed by atoms with van der Waals surface area (Å²) in [5.74, 6) is -0.857. The lowest BCUT2D eigenvalue weighted by Gasteiger charge is -2.18. The Balaban J connectivity index is 2.47. The molecule has 0 spiro atoms. The number of nitrogens with two attached hydrogens (primary N) is 1. The average Bonchev–Trinajstić information content (AvgIpc) is 2.39. The minimum Gasteiger partial charge on any atom is -0.487 e. The van der Waals surface area contributed by atoms with Crippen molar-refractivity contribution in [3.63, 3.8) is 0 Å². The van der Waals surface area contributed by atoms with E-state index in [-0.39, 0.29) is 18.0 Å². The monoisotopic (exact) mass is 360 g/mol. The van der Waals surface area contributed by atoms with Gasteiger partial charge >= 0.3 is 11.7 Å². The third-order valence-electron chi connectivity index (χ3n) is 2.95. The number of ether oxygens (including phenoxy) is 1. The average molecular weight is 361 g/mol.